The van der Waals surface area contributed by atoms with Crippen LogP contribution in [0.4, 0.5) is 0 Å². The summed E-state index contributed by atoms with van der Waals surface area (Å²) in [4.78, 5) is 2.48. The van der Waals surface area contributed by atoms with Crippen LogP contribution >= 0.6 is 0 Å². The van der Waals surface area contributed by atoms with Gasteiger partial charge in [-0.05, 0) is 51.5 Å². The van der Waals surface area contributed by atoms with E-state index in [0.29, 0.717) is 24.7 Å². The molecule has 0 unspecified atom stereocenters. The highest BCUT2D eigenvalue weighted by molar-refractivity contribution is 4.78. The molecule has 2 fully saturated rings. The fourth-order valence-corrected chi connectivity index (χ4v) is 3.72. The van der Waals surface area contributed by atoms with Crippen molar-refractivity contribution in [1.82, 2.24) is 4.90 Å². The lowest BCUT2D eigenvalue weighted by atomic mass is 9.86. The van der Waals surface area contributed by atoms with Crippen LogP contribution in [0.5, 0.6) is 0 Å². The lowest BCUT2D eigenvalue weighted by molar-refractivity contribution is 0.0215. The largest absolute Gasteiger partial charge is 0.396 e. The van der Waals surface area contributed by atoms with E-state index in [2.05, 4.69) is 11.9 Å². The van der Waals surface area contributed by atoms with Crippen molar-refractivity contribution in [2.24, 2.45) is 5.92 Å². The molecule has 2 saturated carbocycles. The number of nitrogens with zero attached hydrogens (tertiary/aromatic N) is 1. The standard InChI is InChI=1S/C17H33NO2/c1-18(16-10-8-15(14-19)9-11-16)12-13-20-17-6-4-2-3-5-7-17/h15-17,19H,2-14H2,1H3. The predicted octanol–water partition coefficient (Wildman–Crippen LogP) is 3.21. The van der Waals surface area contributed by atoms with E-state index >= 15 is 0 Å². The molecule has 2 aliphatic rings. The molecule has 0 aromatic rings. The van der Waals surface area contributed by atoms with Crippen molar-refractivity contribution in [3.63, 3.8) is 0 Å². The maximum atomic E-state index is 9.19. The first-order chi connectivity index (χ1) is 9.79. The molecule has 0 spiro atoms. The van der Waals surface area contributed by atoms with Crippen molar-refractivity contribution in [3.05, 3.63) is 0 Å². The average Bonchev–Trinajstić information content (AvgIpc) is 2.76. The van der Waals surface area contributed by atoms with Crippen LogP contribution in [0, 0.1) is 5.92 Å². The summed E-state index contributed by atoms with van der Waals surface area (Å²) in [6, 6.07) is 0.704. The minimum Gasteiger partial charge on any atom is -0.396 e. The zero-order valence-electron chi connectivity index (χ0n) is 13.2. The predicted molar refractivity (Wildman–Crippen MR) is 82.9 cm³/mol. The summed E-state index contributed by atoms with van der Waals surface area (Å²) >= 11 is 0. The molecule has 2 aliphatic carbocycles. The molecule has 2 rings (SSSR count). The molecule has 0 aromatic heterocycles. The fraction of sp³-hybridized carbons (Fsp3) is 1.00. The number of aliphatic hydroxyl groups is 1. The van der Waals surface area contributed by atoms with Gasteiger partial charge in [-0.25, -0.2) is 0 Å². The molecule has 1 N–H and O–H groups in total. The fourth-order valence-electron chi connectivity index (χ4n) is 3.72. The van der Waals surface area contributed by atoms with Crippen LogP contribution in [-0.2, 0) is 4.74 Å². The zero-order chi connectivity index (χ0) is 14.2. The number of hydrogen-bond donors (Lipinski definition) is 1. The van der Waals surface area contributed by atoms with E-state index in [1.54, 1.807) is 0 Å². The van der Waals surface area contributed by atoms with E-state index in [1.807, 2.05) is 0 Å². The molecular formula is C17H33NO2. The molecule has 20 heavy (non-hydrogen) atoms. The maximum Gasteiger partial charge on any atom is 0.0597 e. The number of ether oxygens (including phenoxy) is 1. The summed E-state index contributed by atoms with van der Waals surface area (Å²) in [6.07, 6.45) is 13.4. The van der Waals surface area contributed by atoms with E-state index in [-0.39, 0.29) is 0 Å². The lowest BCUT2D eigenvalue weighted by Crippen LogP contribution is -2.38. The first-order valence-electron chi connectivity index (χ1n) is 8.72. The second-order valence-electron chi connectivity index (χ2n) is 6.82. The Hall–Kier alpha value is -0.120. The van der Waals surface area contributed by atoms with Crippen molar-refractivity contribution in [3.8, 4) is 0 Å². The quantitative estimate of drug-likeness (QED) is 0.760. The van der Waals surface area contributed by atoms with Gasteiger partial charge in [-0.1, -0.05) is 25.7 Å². The highest BCUT2D eigenvalue weighted by Crippen LogP contribution is 2.26. The molecule has 118 valence electrons. The number of likely N-dealkylation sites (N-methyl/N-ethyl adjacent to an activating group) is 1. The molecule has 0 aliphatic heterocycles. The molecule has 0 amide bonds. The molecule has 0 bridgehead atoms. The Kier molecular flexibility index (Phi) is 7.32. The third-order valence-electron chi connectivity index (χ3n) is 5.30. The van der Waals surface area contributed by atoms with Crippen LogP contribution in [0.2, 0.25) is 0 Å². The minimum atomic E-state index is 0.376. The van der Waals surface area contributed by atoms with Gasteiger partial charge in [-0.2, -0.15) is 0 Å². The van der Waals surface area contributed by atoms with Gasteiger partial charge in [0.2, 0.25) is 0 Å². The van der Waals surface area contributed by atoms with E-state index < -0.39 is 0 Å². The van der Waals surface area contributed by atoms with Crippen molar-refractivity contribution in [2.45, 2.75) is 76.4 Å². The van der Waals surface area contributed by atoms with Gasteiger partial charge >= 0.3 is 0 Å². The van der Waals surface area contributed by atoms with Gasteiger partial charge in [0, 0.05) is 19.2 Å². The summed E-state index contributed by atoms with van der Waals surface area (Å²) < 4.78 is 6.09. The van der Waals surface area contributed by atoms with Gasteiger partial charge < -0.3 is 14.7 Å². The topological polar surface area (TPSA) is 32.7 Å². The Morgan fingerprint density at radius 1 is 0.950 bits per heavy atom. The van der Waals surface area contributed by atoms with Crippen LogP contribution in [0.25, 0.3) is 0 Å². The Labute approximate surface area is 124 Å². The number of aliphatic hydroxyl groups excluding tert-OH is 1. The summed E-state index contributed by atoms with van der Waals surface area (Å²) in [6.45, 7) is 2.33. The molecule has 0 atom stereocenters. The molecular weight excluding hydrogens is 250 g/mol. The normalized spacial score (nSPS) is 29.6. The van der Waals surface area contributed by atoms with Crippen molar-refractivity contribution < 1.29 is 9.84 Å². The highest BCUT2D eigenvalue weighted by Gasteiger charge is 2.23. The first-order valence-corrected chi connectivity index (χ1v) is 8.72. The van der Waals surface area contributed by atoms with Crippen molar-refractivity contribution in [2.75, 3.05) is 26.8 Å². The van der Waals surface area contributed by atoms with Crippen LogP contribution in [-0.4, -0.2) is 49.0 Å². The second kappa shape index (κ2) is 9.01. The molecule has 3 heteroatoms. The molecule has 0 heterocycles. The van der Waals surface area contributed by atoms with Gasteiger partial charge in [0.05, 0.1) is 12.7 Å². The van der Waals surface area contributed by atoms with Crippen LogP contribution in [0.15, 0.2) is 0 Å². The maximum absolute atomic E-state index is 9.19. The van der Waals surface area contributed by atoms with Crippen LogP contribution in [0.3, 0.4) is 0 Å². The number of hydrogen-bond acceptors (Lipinski definition) is 3. The van der Waals surface area contributed by atoms with Gasteiger partial charge in [0.1, 0.15) is 0 Å². The van der Waals surface area contributed by atoms with Crippen LogP contribution in [0.1, 0.15) is 64.2 Å². The third-order valence-corrected chi connectivity index (χ3v) is 5.30. The highest BCUT2D eigenvalue weighted by atomic mass is 16.5. The lowest BCUT2D eigenvalue weighted by Gasteiger charge is -2.34. The van der Waals surface area contributed by atoms with E-state index in [0.717, 1.165) is 13.2 Å². The Balaban J connectivity index is 1.58. The average molecular weight is 283 g/mol. The first kappa shape index (κ1) is 16.3. The molecule has 0 aromatic carbocycles. The summed E-state index contributed by atoms with van der Waals surface area (Å²) in [7, 11) is 2.24. The van der Waals surface area contributed by atoms with Gasteiger partial charge in [0.15, 0.2) is 0 Å². The summed E-state index contributed by atoms with van der Waals surface area (Å²) in [5, 5.41) is 9.19. The molecule has 3 nitrogen and oxygen atoms in total. The smallest absolute Gasteiger partial charge is 0.0597 e. The zero-order valence-corrected chi connectivity index (χ0v) is 13.2. The third kappa shape index (κ3) is 5.34. The van der Waals surface area contributed by atoms with E-state index in [4.69, 9.17) is 4.74 Å². The Bertz CT molecular complexity index is 243. The summed E-state index contributed by atoms with van der Waals surface area (Å²) in [5.74, 6) is 0.557. The summed E-state index contributed by atoms with van der Waals surface area (Å²) in [5.41, 5.74) is 0. The Morgan fingerprint density at radius 3 is 2.20 bits per heavy atom. The SMILES string of the molecule is CN(CCOC1CCCCCC1)C1CCC(CO)CC1. The van der Waals surface area contributed by atoms with E-state index in [9.17, 15) is 5.11 Å². The van der Waals surface area contributed by atoms with Gasteiger partial charge in [-0.15, -0.1) is 0 Å². The molecule has 0 radical (unpaired) electrons. The Morgan fingerprint density at radius 2 is 1.60 bits per heavy atom. The van der Waals surface area contributed by atoms with E-state index in [1.165, 1.54) is 64.2 Å². The van der Waals surface area contributed by atoms with Crippen molar-refractivity contribution in [1.29, 1.82) is 0 Å². The van der Waals surface area contributed by atoms with Gasteiger partial charge in [0.25, 0.3) is 0 Å². The minimum absolute atomic E-state index is 0.376. The van der Waals surface area contributed by atoms with Crippen molar-refractivity contribution >= 4 is 0 Å². The number of rotatable bonds is 6. The van der Waals surface area contributed by atoms with Gasteiger partial charge in [-0.3, -0.25) is 0 Å². The molecule has 0 saturated heterocycles. The van der Waals surface area contributed by atoms with Crippen LogP contribution < -0.4 is 0 Å². The monoisotopic (exact) mass is 283 g/mol. The second-order valence-corrected chi connectivity index (χ2v) is 6.82.